The van der Waals surface area contributed by atoms with Crippen LogP contribution in [0.2, 0.25) is 0 Å². The fourth-order valence-electron chi connectivity index (χ4n) is 2.20. The Balaban J connectivity index is 2.20. The number of carbonyl (C=O) groups is 1. The van der Waals surface area contributed by atoms with Gasteiger partial charge in [0.15, 0.2) is 0 Å². The average Bonchev–Trinajstić information content (AvgIpc) is 2.59. The molecule has 0 fully saturated rings. The molecule has 0 aromatic heterocycles. The number of amides is 1. The van der Waals surface area contributed by atoms with Gasteiger partial charge >= 0.3 is 0 Å². The standard InChI is InChI=1S/C18H20N2O4S/c1-13-5-4-6-15(11-13)20-18(21)10-8-14-7-9-16(24-3)17(12-14)25(22,23)19-2/h4-12,19H,1-3H3,(H,20,21)/b10-8+. The van der Waals surface area contributed by atoms with Crippen molar-refractivity contribution in [3.05, 3.63) is 59.7 Å². The molecule has 0 heterocycles. The van der Waals surface area contributed by atoms with Gasteiger partial charge in [-0.3, -0.25) is 4.79 Å². The van der Waals surface area contributed by atoms with E-state index >= 15 is 0 Å². The summed E-state index contributed by atoms with van der Waals surface area (Å²) in [5, 5.41) is 2.75. The largest absolute Gasteiger partial charge is 0.495 e. The first kappa shape index (κ1) is 18.7. The van der Waals surface area contributed by atoms with E-state index < -0.39 is 10.0 Å². The van der Waals surface area contributed by atoms with Crippen molar-refractivity contribution >= 4 is 27.7 Å². The van der Waals surface area contributed by atoms with Gasteiger partial charge in [0.1, 0.15) is 10.6 Å². The van der Waals surface area contributed by atoms with Gasteiger partial charge in [-0.05, 0) is 55.4 Å². The quantitative estimate of drug-likeness (QED) is 0.776. The van der Waals surface area contributed by atoms with Crippen molar-refractivity contribution in [3.8, 4) is 5.75 Å². The van der Waals surface area contributed by atoms with Gasteiger partial charge in [-0.2, -0.15) is 0 Å². The summed E-state index contributed by atoms with van der Waals surface area (Å²) in [5.74, 6) is -0.0739. The van der Waals surface area contributed by atoms with Crippen molar-refractivity contribution < 1.29 is 17.9 Å². The second-order valence-corrected chi connectivity index (χ2v) is 7.16. The third-order valence-electron chi connectivity index (χ3n) is 3.46. The molecule has 2 aromatic rings. The highest BCUT2D eigenvalue weighted by atomic mass is 32.2. The lowest BCUT2D eigenvalue weighted by Crippen LogP contribution is -2.19. The zero-order chi connectivity index (χ0) is 18.4. The summed E-state index contributed by atoms with van der Waals surface area (Å²) in [5.41, 5.74) is 2.30. The molecular weight excluding hydrogens is 340 g/mol. The minimum atomic E-state index is -3.66. The number of benzene rings is 2. The van der Waals surface area contributed by atoms with E-state index in [9.17, 15) is 13.2 Å². The molecule has 0 aliphatic rings. The normalized spacial score (nSPS) is 11.5. The average molecular weight is 360 g/mol. The summed E-state index contributed by atoms with van der Waals surface area (Å²) < 4.78 is 31.4. The molecule has 0 unspecified atom stereocenters. The summed E-state index contributed by atoms with van der Waals surface area (Å²) in [6.07, 6.45) is 2.89. The van der Waals surface area contributed by atoms with Crippen molar-refractivity contribution in [1.82, 2.24) is 4.72 Å². The van der Waals surface area contributed by atoms with Gasteiger partial charge in [-0.15, -0.1) is 0 Å². The van der Waals surface area contributed by atoms with E-state index in [0.29, 0.717) is 11.3 Å². The Morgan fingerprint density at radius 1 is 1.16 bits per heavy atom. The Morgan fingerprint density at radius 2 is 1.92 bits per heavy atom. The molecule has 0 bridgehead atoms. The van der Waals surface area contributed by atoms with Gasteiger partial charge in [0.05, 0.1) is 7.11 Å². The number of carbonyl (C=O) groups excluding carboxylic acids is 1. The Hall–Kier alpha value is -2.64. The minimum absolute atomic E-state index is 0.0127. The molecule has 0 saturated carbocycles. The molecule has 0 spiro atoms. The number of rotatable bonds is 6. The number of hydrogen-bond acceptors (Lipinski definition) is 4. The van der Waals surface area contributed by atoms with Crippen molar-refractivity contribution in [1.29, 1.82) is 0 Å². The van der Waals surface area contributed by atoms with Gasteiger partial charge in [-0.25, -0.2) is 13.1 Å². The van der Waals surface area contributed by atoms with Crippen molar-refractivity contribution in [2.24, 2.45) is 0 Å². The molecule has 0 atom stereocenters. The molecule has 2 aromatic carbocycles. The first-order valence-electron chi connectivity index (χ1n) is 7.53. The number of anilines is 1. The fraction of sp³-hybridized carbons (Fsp3) is 0.167. The van der Waals surface area contributed by atoms with E-state index in [4.69, 9.17) is 4.74 Å². The van der Waals surface area contributed by atoms with Crippen LogP contribution >= 0.6 is 0 Å². The third kappa shape index (κ3) is 4.91. The Bertz CT molecular complexity index is 905. The molecule has 6 nitrogen and oxygen atoms in total. The van der Waals surface area contributed by atoms with E-state index in [-0.39, 0.29) is 16.6 Å². The van der Waals surface area contributed by atoms with Gasteiger partial charge in [0.2, 0.25) is 15.9 Å². The highest BCUT2D eigenvalue weighted by Crippen LogP contribution is 2.25. The van der Waals surface area contributed by atoms with Crippen LogP contribution in [0.5, 0.6) is 5.75 Å². The molecule has 132 valence electrons. The number of methoxy groups -OCH3 is 1. The van der Waals surface area contributed by atoms with Gasteiger partial charge in [-0.1, -0.05) is 18.2 Å². The van der Waals surface area contributed by atoms with Crippen LogP contribution in [-0.2, 0) is 14.8 Å². The van der Waals surface area contributed by atoms with Crippen LogP contribution < -0.4 is 14.8 Å². The van der Waals surface area contributed by atoms with E-state index in [1.54, 1.807) is 24.3 Å². The van der Waals surface area contributed by atoms with E-state index in [1.807, 2.05) is 25.1 Å². The van der Waals surface area contributed by atoms with Crippen LogP contribution in [-0.4, -0.2) is 28.5 Å². The lowest BCUT2D eigenvalue weighted by atomic mass is 10.2. The summed E-state index contributed by atoms with van der Waals surface area (Å²) in [6, 6.07) is 12.1. The van der Waals surface area contributed by atoms with E-state index in [2.05, 4.69) is 10.0 Å². The van der Waals surface area contributed by atoms with Crippen LogP contribution in [0.15, 0.2) is 53.4 Å². The maximum atomic E-state index is 12.0. The smallest absolute Gasteiger partial charge is 0.248 e. The van der Waals surface area contributed by atoms with Gasteiger partial charge in [0.25, 0.3) is 0 Å². The summed E-state index contributed by atoms with van der Waals surface area (Å²) in [4.78, 5) is 12.0. The molecule has 0 aliphatic carbocycles. The Kier molecular flexibility index (Phi) is 5.95. The summed E-state index contributed by atoms with van der Waals surface area (Å²) >= 11 is 0. The van der Waals surface area contributed by atoms with Crippen LogP contribution in [0, 0.1) is 6.92 Å². The minimum Gasteiger partial charge on any atom is -0.495 e. The number of nitrogens with one attached hydrogen (secondary N) is 2. The summed E-state index contributed by atoms with van der Waals surface area (Å²) in [6.45, 7) is 1.94. The third-order valence-corrected chi connectivity index (χ3v) is 4.89. The number of ether oxygens (including phenoxy) is 1. The molecule has 0 saturated heterocycles. The Labute approximate surface area is 147 Å². The van der Waals surface area contributed by atoms with Crippen LogP contribution in [0.4, 0.5) is 5.69 Å². The first-order valence-corrected chi connectivity index (χ1v) is 9.01. The molecule has 25 heavy (non-hydrogen) atoms. The van der Waals surface area contributed by atoms with Crippen LogP contribution in [0.1, 0.15) is 11.1 Å². The number of sulfonamides is 1. The Morgan fingerprint density at radius 3 is 2.56 bits per heavy atom. The SMILES string of the molecule is CNS(=O)(=O)c1cc(/C=C/C(=O)Nc2cccc(C)c2)ccc1OC. The number of hydrogen-bond donors (Lipinski definition) is 2. The summed E-state index contributed by atoms with van der Waals surface area (Å²) in [7, 11) is -0.941. The number of aryl methyl sites for hydroxylation is 1. The fourth-order valence-corrected chi connectivity index (χ4v) is 3.12. The van der Waals surface area contributed by atoms with Gasteiger partial charge in [0, 0.05) is 11.8 Å². The topological polar surface area (TPSA) is 84.5 Å². The van der Waals surface area contributed by atoms with Gasteiger partial charge < -0.3 is 10.1 Å². The predicted octanol–water partition coefficient (Wildman–Crippen LogP) is 2.56. The zero-order valence-corrected chi connectivity index (χ0v) is 15.1. The van der Waals surface area contributed by atoms with Crippen molar-refractivity contribution in [2.75, 3.05) is 19.5 Å². The second-order valence-electron chi connectivity index (χ2n) is 5.31. The second kappa shape index (κ2) is 7.96. The molecular formula is C18H20N2O4S. The maximum absolute atomic E-state index is 12.0. The van der Waals surface area contributed by atoms with Crippen LogP contribution in [0.25, 0.3) is 6.08 Å². The van der Waals surface area contributed by atoms with Crippen molar-refractivity contribution in [2.45, 2.75) is 11.8 Å². The maximum Gasteiger partial charge on any atom is 0.248 e. The first-order chi connectivity index (χ1) is 11.9. The lowest BCUT2D eigenvalue weighted by molar-refractivity contribution is -0.111. The monoisotopic (exact) mass is 360 g/mol. The molecule has 2 rings (SSSR count). The van der Waals surface area contributed by atoms with E-state index in [0.717, 1.165) is 5.56 Å². The molecule has 2 N–H and O–H groups in total. The van der Waals surface area contributed by atoms with E-state index in [1.165, 1.54) is 26.3 Å². The molecule has 7 heteroatoms. The molecule has 0 radical (unpaired) electrons. The highest BCUT2D eigenvalue weighted by molar-refractivity contribution is 7.89. The molecule has 1 amide bonds. The molecule has 0 aliphatic heterocycles. The predicted molar refractivity (Wildman–Crippen MR) is 98.1 cm³/mol. The van der Waals surface area contributed by atoms with Crippen molar-refractivity contribution in [3.63, 3.8) is 0 Å². The lowest BCUT2D eigenvalue weighted by Gasteiger charge is -2.09. The zero-order valence-electron chi connectivity index (χ0n) is 14.2. The highest BCUT2D eigenvalue weighted by Gasteiger charge is 2.17. The van der Waals surface area contributed by atoms with Crippen LogP contribution in [0.3, 0.4) is 0 Å².